The quantitative estimate of drug-likeness (QED) is 0.784. The number of hydrogen-bond acceptors (Lipinski definition) is 5. The van der Waals surface area contributed by atoms with Crippen LogP contribution >= 0.6 is 0 Å². The van der Waals surface area contributed by atoms with Gasteiger partial charge in [-0.1, -0.05) is 0 Å². The molecule has 116 valence electrons. The molecule has 1 aromatic heterocycles. The molecule has 1 saturated heterocycles. The van der Waals surface area contributed by atoms with Crippen molar-refractivity contribution in [2.24, 2.45) is 0 Å². The highest BCUT2D eigenvalue weighted by Gasteiger charge is 2.28. The summed E-state index contributed by atoms with van der Waals surface area (Å²) < 4.78 is 11.2. The van der Waals surface area contributed by atoms with Crippen LogP contribution in [-0.4, -0.2) is 41.9 Å². The Morgan fingerprint density at radius 1 is 1.33 bits per heavy atom. The van der Waals surface area contributed by atoms with E-state index in [9.17, 15) is 4.79 Å². The van der Waals surface area contributed by atoms with Gasteiger partial charge in [0, 0.05) is 19.3 Å². The van der Waals surface area contributed by atoms with Crippen LogP contribution in [0.15, 0.2) is 18.3 Å². The SMILES string of the molecule is CC1CN(c2cccnc2C(=O)OC(C)(C)C)CC(C)O1. The van der Waals surface area contributed by atoms with Crippen molar-refractivity contribution in [2.45, 2.75) is 52.4 Å². The van der Waals surface area contributed by atoms with Crippen LogP contribution in [0.25, 0.3) is 0 Å². The summed E-state index contributed by atoms with van der Waals surface area (Å²) in [5, 5.41) is 0. The minimum absolute atomic E-state index is 0.125. The van der Waals surface area contributed by atoms with Crippen molar-refractivity contribution in [3.63, 3.8) is 0 Å². The van der Waals surface area contributed by atoms with E-state index >= 15 is 0 Å². The van der Waals surface area contributed by atoms with Crippen LogP contribution in [0.5, 0.6) is 0 Å². The minimum atomic E-state index is -0.530. The van der Waals surface area contributed by atoms with Crippen LogP contribution < -0.4 is 4.90 Å². The number of aromatic nitrogens is 1. The van der Waals surface area contributed by atoms with E-state index in [0.717, 1.165) is 18.8 Å². The van der Waals surface area contributed by atoms with E-state index in [2.05, 4.69) is 9.88 Å². The molecule has 0 bridgehead atoms. The van der Waals surface area contributed by atoms with E-state index in [0.29, 0.717) is 5.69 Å². The van der Waals surface area contributed by atoms with Crippen LogP contribution in [0.1, 0.15) is 45.1 Å². The van der Waals surface area contributed by atoms with E-state index in [1.54, 1.807) is 6.20 Å². The lowest BCUT2D eigenvalue weighted by molar-refractivity contribution is -0.00596. The molecule has 0 aliphatic carbocycles. The number of rotatable bonds is 2. The Hall–Kier alpha value is -1.62. The fraction of sp³-hybridized carbons (Fsp3) is 0.625. The molecule has 0 aromatic carbocycles. The predicted molar refractivity (Wildman–Crippen MR) is 81.6 cm³/mol. The monoisotopic (exact) mass is 292 g/mol. The second-order valence-corrected chi connectivity index (χ2v) is 6.54. The molecule has 1 fully saturated rings. The number of morpholine rings is 1. The first kappa shape index (κ1) is 15.8. The number of anilines is 1. The number of hydrogen-bond donors (Lipinski definition) is 0. The molecule has 2 rings (SSSR count). The second kappa shape index (κ2) is 6.02. The molecule has 0 radical (unpaired) electrons. The van der Waals surface area contributed by atoms with E-state index in [4.69, 9.17) is 9.47 Å². The Labute approximate surface area is 126 Å². The number of carbonyl (C=O) groups is 1. The summed E-state index contributed by atoms with van der Waals surface area (Å²) in [5.41, 5.74) is 0.653. The molecule has 1 aromatic rings. The van der Waals surface area contributed by atoms with Gasteiger partial charge in [-0.2, -0.15) is 0 Å². The number of ether oxygens (including phenoxy) is 2. The van der Waals surface area contributed by atoms with Gasteiger partial charge in [-0.3, -0.25) is 0 Å². The first-order valence-electron chi connectivity index (χ1n) is 7.35. The van der Waals surface area contributed by atoms with Gasteiger partial charge in [0.2, 0.25) is 0 Å². The zero-order valence-corrected chi connectivity index (χ0v) is 13.4. The zero-order valence-electron chi connectivity index (χ0n) is 13.4. The Balaban J connectivity index is 2.26. The van der Waals surface area contributed by atoms with Crippen LogP contribution in [-0.2, 0) is 9.47 Å². The molecule has 2 unspecified atom stereocenters. The minimum Gasteiger partial charge on any atom is -0.455 e. The maximum atomic E-state index is 12.3. The lowest BCUT2D eigenvalue weighted by Gasteiger charge is -2.37. The van der Waals surface area contributed by atoms with Crippen LogP contribution in [0.4, 0.5) is 5.69 Å². The Kier molecular flexibility index (Phi) is 4.52. The average molecular weight is 292 g/mol. The summed E-state index contributed by atoms with van der Waals surface area (Å²) in [5.74, 6) is -0.384. The van der Waals surface area contributed by atoms with Gasteiger partial charge in [0.25, 0.3) is 0 Å². The van der Waals surface area contributed by atoms with Gasteiger partial charge >= 0.3 is 5.97 Å². The number of nitrogens with zero attached hydrogens (tertiary/aromatic N) is 2. The van der Waals surface area contributed by atoms with Gasteiger partial charge in [0.1, 0.15) is 5.60 Å². The normalized spacial score (nSPS) is 23.0. The molecule has 5 nitrogen and oxygen atoms in total. The molecule has 5 heteroatoms. The van der Waals surface area contributed by atoms with Gasteiger partial charge in [0.15, 0.2) is 5.69 Å². The highest BCUT2D eigenvalue weighted by molar-refractivity contribution is 5.93. The van der Waals surface area contributed by atoms with Crippen molar-refractivity contribution >= 4 is 11.7 Å². The molecule has 0 amide bonds. The zero-order chi connectivity index (χ0) is 15.6. The van der Waals surface area contributed by atoms with Gasteiger partial charge in [-0.25, -0.2) is 9.78 Å². The molecule has 0 N–H and O–H groups in total. The van der Waals surface area contributed by atoms with Crippen molar-refractivity contribution in [2.75, 3.05) is 18.0 Å². The van der Waals surface area contributed by atoms with Gasteiger partial charge in [-0.15, -0.1) is 0 Å². The number of carbonyl (C=O) groups excluding carboxylic acids is 1. The van der Waals surface area contributed by atoms with E-state index in [1.165, 1.54) is 0 Å². The molecular weight excluding hydrogens is 268 g/mol. The Morgan fingerprint density at radius 2 is 1.95 bits per heavy atom. The molecule has 2 heterocycles. The van der Waals surface area contributed by atoms with E-state index in [1.807, 2.05) is 46.8 Å². The summed E-state index contributed by atoms with van der Waals surface area (Å²) in [6.45, 7) is 11.1. The maximum absolute atomic E-state index is 12.3. The third kappa shape index (κ3) is 4.17. The molecule has 21 heavy (non-hydrogen) atoms. The van der Waals surface area contributed by atoms with Crippen LogP contribution in [0.2, 0.25) is 0 Å². The first-order valence-corrected chi connectivity index (χ1v) is 7.35. The van der Waals surface area contributed by atoms with Crippen molar-refractivity contribution in [3.05, 3.63) is 24.0 Å². The van der Waals surface area contributed by atoms with Crippen LogP contribution in [0, 0.1) is 0 Å². The lowest BCUT2D eigenvalue weighted by Crippen LogP contribution is -2.46. The largest absolute Gasteiger partial charge is 0.455 e. The summed E-state index contributed by atoms with van der Waals surface area (Å²) in [6, 6.07) is 3.75. The summed E-state index contributed by atoms with van der Waals surface area (Å²) >= 11 is 0. The predicted octanol–water partition coefficient (Wildman–Crippen LogP) is 2.65. The average Bonchev–Trinajstić information content (AvgIpc) is 2.35. The summed E-state index contributed by atoms with van der Waals surface area (Å²) in [4.78, 5) is 18.7. The van der Waals surface area contributed by atoms with Crippen molar-refractivity contribution in [1.82, 2.24) is 4.98 Å². The van der Waals surface area contributed by atoms with Crippen LogP contribution in [0.3, 0.4) is 0 Å². The van der Waals surface area contributed by atoms with Gasteiger partial charge in [-0.05, 0) is 46.8 Å². The molecule has 2 atom stereocenters. The maximum Gasteiger partial charge on any atom is 0.359 e. The fourth-order valence-electron chi connectivity index (χ4n) is 2.51. The van der Waals surface area contributed by atoms with E-state index in [-0.39, 0.29) is 18.2 Å². The molecule has 0 spiro atoms. The standard InChI is InChI=1S/C16H24N2O3/c1-11-9-18(10-12(2)20-11)13-7-6-8-17-14(13)15(19)21-16(3,4)5/h6-8,11-12H,9-10H2,1-5H3. The third-order valence-corrected chi connectivity index (χ3v) is 3.14. The third-order valence-electron chi connectivity index (χ3n) is 3.14. The smallest absolute Gasteiger partial charge is 0.359 e. The topological polar surface area (TPSA) is 51.7 Å². The number of pyridine rings is 1. The molecule has 1 aliphatic heterocycles. The summed E-state index contributed by atoms with van der Waals surface area (Å²) in [6.07, 6.45) is 1.87. The van der Waals surface area contributed by atoms with E-state index < -0.39 is 5.60 Å². The number of esters is 1. The second-order valence-electron chi connectivity index (χ2n) is 6.54. The van der Waals surface area contributed by atoms with Crippen molar-refractivity contribution < 1.29 is 14.3 Å². The molecule has 1 aliphatic rings. The fourth-order valence-corrected chi connectivity index (χ4v) is 2.51. The van der Waals surface area contributed by atoms with Gasteiger partial charge in [0.05, 0.1) is 17.9 Å². The van der Waals surface area contributed by atoms with Crippen molar-refractivity contribution in [1.29, 1.82) is 0 Å². The molecular formula is C16H24N2O3. The first-order chi connectivity index (χ1) is 9.76. The highest BCUT2D eigenvalue weighted by Crippen LogP contribution is 2.24. The van der Waals surface area contributed by atoms with Crippen molar-refractivity contribution in [3.8, 4) is 0 Å². The highest BCUT2D eigenvalue weighted by atomic mass is 16.6. The molecule has 0 saturated carbocycles. The Morgan fingerprint density at radius 3 is 2.52 bits per heavy atom. The Bertz CT molecular complexity index is 500. The van der Waals surface area contributed by atoms with Gasteiger partial charge < -0.3 is 14.4 Å². The lowest BCUT2D eigenvalue weighted by atomic mass is 10.1. The summed E-state index contributed by atoms with van der Waals surface area (Å²) in [7, 11) is 0.